The van der Waals surface area contributed by atoms with Crippen LogP contribution in [0.5, 0.6) is 0 Å². The molecule has 2 rings (SSSR count). The summed E-state index contributed by atoms with van der Waals surface area (Å²) >= 11 is 0. The van der Waals surface area contributed by atoms with Crippen molar-refractivity contribution in [1.29, 1.82) is 0 Å². The van der Waals surface area contributed by atoms with Gasteiger partial charge in [-0.3, -0.25) is 4.90 Å². The zero-order valence-electron chi connectivity index (χ0n) is 16.4. The number of rotatable bonds is 8. The number of hydrogen-bond donors (Lipinski definition) is 2. The normalized spacial score (nSPS) is 15.1. The molecule has 0 unspecified atom stereocenters. The molecule has 154 valence electrons. The van der Waals surface area contributed by atoms with E-state index in [1.54, 1.807) is 13.0 Å². The molecule has 0 bridgehead atoms. The van der Waals surface area contributed by atoms with E-state index in [0.717, 1.165) is 58.3 Å². The van der Waals surface area contributed by atoms with Crippen molar-refractivity contribution in [3.63, 3.8) is 0 Å². The second kappa shape index (κ2) is 12.9. The number of nitrogens with one attached hydrogen (secondary N) is 2. The van der Waals surface area contributed by atoms with Gasteiger partial charge in [0.1, 0.15) is 23.6 Å². The fourth-order valence-electron chi connectivity index (χ4n) is 2.77. The minimum atomic E-state index is -0.394. The largest absolute Gasteiger partial charge is 0.465 e. The molecule has 0 spiro atoms. The molecule has 0 radical (unpaired) electrons. The lowest BCUT2D eigenvalue weighted by atomic mass is 10.2. The minimum Gasteiger partial charge on any atom is -0.465 e. The number of aryl methyl sites for hydroxylation is 1. The SMILES string of the molecule is CCNC(=NCc1cc(C(=O)OC)c(C)o1)NCCCN1CCOCC1.I. The maximum Gasteiger partial charge on any atom is 0.341 e. The molecule has 0 aromatic carbocycles. The van der Waals surface area contributed by atoms with Gasteiger partial charge in [0.15, 0.2) is 5.96 Å². The molecule has 9 heteroatoms. The number of nitrogens with zero attached hydrogens (tertiary/aromatic N) is 2. The topological polar surface area (TPSA) is 88.3 Å². The Bertz CT molecular complexity index is 600. The number of methoxy groups -OCH3 is 1. The Balaban J connectivity index is 0.00000364. The highest BCUT2D eigenvalue weighted by Gasteiger charge is 2.15. The summed E-state index contributed by atoms with van der Waals surface area (Å²) in [7, 11) is 1.36. The Hall–Kier alpha value is -1.33. The molecule has 0 aliphatic carbocycles. The minimum absolute atomic E-state index is 0. The van der Waals surface area contributed by atoms with Crippen LogP contribution in [-0.4, -0.2) is 69.9 Å². The number of carbonyl (C=O) groups is 1. The monoisotopic (exact) mass is 494 g/mol. The van der Waals surface area contributed by atoms with Crippen molar-refractivity contribution < 1.29 is 18.7 Å². The predicted octanol–water partition coefficient (Wildman–Crippen LogP) is 1.77. The Labute approximate surface area is 178 Å². The zero-order chi connectivity index (χ0) is 18.8. The number of aliphatic imine (C=N–C) groups is 1. The summed E-state index contributed by atoms with van der Waals surface area (Å²) in [6, 6.07) is 1.69. The summed E-state index contributed by atoms with van der Waals surface area (Å²) in [6.07, 6.45) is 1.04. The van der Waals surface area contributed by atoms with Crippen molar-refractivity contribution in [2.45, 2.75) is 26.8 Å². The second-order valence-electron chi connectivity index (χ2n) is 6.10. The van der Waals surface area contributed by atoms with Crippen molar-refractivity contribution in [2.75, 3.05) is 53.0 Å². The maximum absolute atomic E-state index is 11.6. The van der Waals surface area contributed by atoms with E-state index >= 15 is 0 Å². The number of furan rings is 1. The predicted molar refractivity (Wildman–Crippen MR) is 115 cm³/mol. The van der Waals surface area contributed by atoms with E-state index in [2.05, 4.69) is 20.5 Å². The average molecular weight is 494 g/mol. The van der Waals surface area contributed by atoms with E-state index in [4.69, 9.17) is 13.9 Å². The molecule has 0 saturated carbocycles. The van der Waals surface area contributed by atoms with Crippen LogP contribution in [0.1, 0.15) is 35.2 Å². The van der Waals surface area contributed by atoms with E-state index in [1.807, 2.05) is 6.92 Å². The summed E-state index contributed by atoms with van der Waals surface area (Å²) in [5.41, 5.74) is 0.446. The van der Waals surface area contributed by atoms with Gasteiger partial charge in [-0.1, -0.05) is 0 Å². The van der Waals surface area contributed by atoms with E-state index in [0.29, 0.717) is 23.6 Å². The summed E-state index contributed by atoms with van der Waals surface area (Å²) in [5.74, 6) is 1.52. The van der Waals surface area contributed by atoms with Gasteiger partial charge in [-0.15, -0.1) is 24.0 Å². The molecule has 1 aliphatic rings. The van der Waals surface area contributed by atoms with Crippen molar-refractivity contribution in [1.82, 2.24) is 15.5 Å². The number of guanidine groups is 1. The Kier molecular flexibility index (Phi) is 11.4. The summed E-state index contributed by atoms with van der Waals surface area (Å²) in [5, 5.41) is 6.55. The highest BCUT2D eigenvalue weighted by molar-refractivity contribution is 14.0. The first kappa shape index (κ1) is 23.7. The first-order valence-corrected chi connectivity index (χ1v) is 9.14. The molecule has 1 aromatic rings. The van der Waals surface area contributed by atoms with E-state index in [1.165, 1.54) is 7.11 Å². The van der Waals surface area contributed by atoms with Gasteiger partial charge < -0.3 is 24.5 Å². The highest BCUT2D eigenvalue weighted by Crippen LogP contribution is 2.16. The lowest BCUT2D eigenvalue weighted by Gasteiger charge is -2.26. The van der Waals surface area contributed by atoms with Crippen LogP contribution < -0.4 is 10.6 Å². The van der Waals surface area contributed by atoms with Crippen molar-refractivity contribution in [3.8, 4) is 0 Å². The Morgan fingerprint density at radius 2 is 2.07 bits per heavy atom. The lowest BCUT2D eigenvalue weighted by molar-refractivity contribution is 0.0376. The number of esters is 1. The van der Waals surface area contributed by atoms with Gasteiger partial charge >= 0.3 is 5.97 Å². The summed E-state index contributed by atoms with van der Waals surface area (Å²) in [4.78, 5) is 18.6. The molecule has 1 aromatic heterocycles. The molecule has 27 heavy (non-hydrogen) atoms. The van der Waals surface area contributed by atoms with Crippen molar-refractivity contribution in [3.05, 3.63) is 23.2 Å². The summed E-state index contributed by atoms with van der Waals surface area (Å²) < 4.78 is 15.7. The van der Waals surface area contributed by atoms with Gasteiger partial charge in [0.2, 0.25) is 0 Å². The quantitative estimate of drug-likeness (QED) is 0.187. The third kappa shape index (κ3) is 8.06. The van der Waals surface area contributed by atoms with E-state index in [9.17, 15) is 4.79 Å². The number of hydrogen-bond acceptors (Lipinski definition) is 6. The van der Waals surface area contributed by atoms with Crippen LogP contribution in [0.4, 0.5) is 0 Å². The molecule has 1 fully saturated rings. The number of morpholine rings is 1. The van der Waals surface area contributed by atoms with Gasteiger partial charge in [-0.2, -0.15) is 0 Å². The smallest absolute Gasteiger partial charge is 0.341 e. The maximum atomic E-state index is 11.6. The van der Waals surface area contributed by atoms with Gasteiger partial charge in [0, 0.05) is 26.2 Å². The molecular weight excluding hydrogens is 463 g/mol. The van der Waals surface area contributed by atoms with Crippen LogP contribution in [0.25, 0.3) is 0 Å². The first-order chi connectivity index (χ1) is 12.6. The average Bonchev–Trinajstić information content (AvgIpc) is 3.04. The van der Waals surface area contributed by atoms with E-state index in [-0.39, 0.29) is 24.0 Å². The van der Waals surface area contributed by atoms with Crippen LogP contribution in [0, 0.1) is 6.92 Å². The third-order valence-electron chi connectivity index (χ3n) is 4.16. The molecule has 1 aliphatic heterocycles. The molecule has 1 saturated heterocycles. The molecular formula is C18H31IN4O4. The number of ether oxygens (including phenoxy) is 2. The number of halogens is 1. The van der Waals surface area contributed by atoms with Crippen LogP contribution >= 0.6 is 24.0 Å². The van der Waals surface area contributed by atoms with Crippen molar-refractivity contribution in [2.24, 2.45) is 4.99 Å². The highest BCUT2D eigenvalue weighted by atomic mass is 127. The Morgan fingerprint density at radius 1 is 1.33 bits per heavy atom. The molecule has 0 amide bonds. The molecule has 2 N–H and O–H groups in total. The zero-order valence-corrected chi connectivity index (χ0v) is 18.7. The molecule has 8 nitrogen and oxygen atoms in total. The van der Waals surface area contributed by atoms with Gasteiger partial charge in [-0.05, 0) is 32.9 Å². The molecule has 0 atom stereocenters. The second-order valence-corrected chi connectivity index (χ2v) is 6.10. The number of carbonyl (C=O) groups excluding carboxylic acids is 1. The first-order valence-electron chi connectivity index (χ1n) is 9.14. The van der Waals surface area contributed by atoms with E-state index < -0.39 is 5.97 Å². The fraction of sp³-hybridized carbons (Fsp3) is 0.667. The standard InChI is InChI=1S/C18H30N4O4.HI/c1-4-19-18(20-6-5-7-22-8-10-25-11-9-22)21-13-15-12-16(14(2)26-15)17(23)24-3;/h12H,4-11,13H2,1-3H3,(H2,19,20,21);1H. The van der Waals surface area contributed by atoms with Crippen LogP contribution in [0.2, 0.25) is 0 Å². The van der Waals surface area contributed by atoms with Crippen LogP contribution in [-0.2, 0) is 16.0 Å². The fourth-order valence-corrected chi connectivity index (χ4v) is 2.77. The van der Waals surface area contributed by atoms with Crippen molar-refractivity contribution >= 4 is 35.9 Å². The molecule has 2 heterocycles. The van der Waals surface area contributed by atoms with Gasteiger partial charge in [0.25, 0.3) is 0 Å². The summed E-state index contributed by atoms with van der Waals surface area (Å²) in [6.45, 7) is 10.5. The lowest BCUT2D eigenvalue weighted by Crippen LogP contribution is -2.40. The van der Waals surface area contributed by atoms with Gasteiger partial charge in [0.05, 0.1) is 20.3 Å². The van der Waals surface area contributed by atoms with Gasteiger partial charge in [-0.25, -0.2) is 9.79 Å². The Morgan fingerprint density at radius 3 is 2.74 bits per heavy atom. The van der Waals surface area contributed by atoms with Crippen LogP contribution in [0.15, 0.2) is 15.5 Å². The third-order valence-corrected chi connectivity index (χ3v) is 4.16. The van der Waals surface area contributed by atoms with Crippen LogP contribution in [0.3, 0.4) is 0 Å².